The summed E-state index contributed by atoms with van der Waals surface area (Å²) in [7, 11) is 0. The predicted molar refractivity (Wildman–Crippen MR) is 125 cm³/mol. The number of aromatic amines is 1. The Morgan fingerprint density at radius 1 is 1.06 bits per heavy atom. The Morgan fingerprint density at radius 2 is 1.66 bits per heavy atom. The third-order valence-corrected chi connectivity index (χ3v) is 6.42. The number of aromatic nitrogens is 2. The van der Waals surface area contributed by atoms with Gasteiger partial charge in [-0.15, -0.1) is 0 Å². The molecule has 4 aromatic rings. The molecule has 1 amide bonds. The standard InChI is InChI=1S/C24H20BrN3O4/c1-24(2)12-19(27-13-18(25)21(29)26-23(27)31)32-28(24)22(30)20-16-9-5-3-7-14(16)11-15-8-4-6-10-17(15)20/h3-11,13,19H,12H2,1-2H3,(H,26,29,31). The Kier molecular flexibility index (Phi) is 4.79. The number of nitrogens with one attached hydrogen (secondary N) is 1. The molecule has 32 heavy (non-hydrogen) atoms. The van der Waals surface area contributed by atoms with Gasteiger partial charge in [0.25, 0.3) is 11.5 Å². The van der Waals surface area contributed by atoms with Gasteiger partial charge in [-0.2, -0.15) is 0 Å². The van der Waals surface area contributed by atoms with E-state index in [0.717, 1.165) is 21.5 Å². The third kappa shape index (κ3) is 3.27. The van der Waals surface area contributed by atoms with Crippen molar-refractivity contribution in [3.63, 3.8) is 0 Å². The van der Waals surface area contributed by atoms with Crippen LogP contribution < -0.4 is 11.2 Å². The molecule has 7 nitrogen and oxygen atoms in total. The zero-order valence-electron chi connectivity index (χ0n) is 17.5. The molecular formula is C24H20BrN3O4. The molecule has 0 spiro atoms. The molecular weight excluding hydrogens is 474 g/mol. The lowest BCUT2D eigenvalue weighted by molar-refractivity contribution is -0.163. The second-order valence-corrected chi connectivity index (χ2v) is 9.37. The highest BCUT2D eigenvalue weighted by Gasteiger charge is 2.45. The number of H-pyrrole nitrogens is 1. The first kappa shape index (κ1) is 20.7. The molecule has 1 unspecified atom stereocenters. The van der Waals surface area contributed by atoms with Crippen LogP contribution in [0, 0.1) is 0 Å². The molecule has 0 aliphatic carbocycles. The van der Waals surface area contributed by atoms with Crippen LogP contribution in [-0.4, -0.2) is 26.1 Å². The Labute approximate surface area is 191 Å². The van der Waals surface area contributed by atoms with E-state index in [4.69, 9.17) is 4.84 Å². The van der Waals surface area contributed by atoms with Gasteiger partial charge in [0.15, 0.2) is 6.23 Å². The van der Waals surface area contributed by atoms with Crippen molar-refractivity contribution in [3.05, 3.63) is 91.7 Å². The van der Waals surface area contributed by atoms with Crippen LogP contribution >= 0.6 is 15.9 Å². The summed E-state index contributed by atoms with van der Waals surface area (Å²) in [6, 6.07) is 17.6. The van der Waals surface area contributed by atoms with Gasteiger partial charge in [-0.25, -0.2) is 14.7 Å². The fraction of sp³-hybridized carbons (Fsp3) is 0.208. The number of hydrogen-bond donors (Lipinski definition) is 1. The zero-order valence-corrected chi connectivity index (χ0v) is 19.0. The Morgan fingerprint density at radius 3 is 2.28 bits per heavy atom. The van der Waals surface area contributed by atoms with Gasteiger partial charge in [0, 0.05) is 12.6 Å². The van der Waals surface area contributed by atoms with Crippen molar-refractivity contribution in [2.75, 3.05) is 0 Å². The Balaban J connectivity index is 1.63. The lowest BCUT2D eigenvalue weighted by Crippen LogP contribution is -2.42. The van der Waals surface area contributed by atoms with Crippen molar-refractivity contribution in [1.82, 2.24) is 14.6 Å². The minimum atomic E-state index is -0.740. The molecule has 3 aromatic carbocycles. The third-order valence-electron chi connectivity index (χ3n) is 5.86. The SMILES string of the molecule is CC1(C)CC(n2cc(Br)c(=O)[nH]c2=O)ON1C(=O)c1c2ccccc2cc2ccccc12. The maximum Gasteiger partial charge on any atom is 0.330 e. The van der Waals surface area contributed by atoms with E-state index in [0.29, 0.717) is 12.0 Å². The molecule has 0 radical (unpaired) electrons. The highest BCUT2D eigenvalue weighted by Crippen LogP contribution is 2.39. The number of halogens is 1. The number of carbonyl (C=O) groups is 1. The Hall–Kier alpha value is -3.23. The lowest BCUT2D eigenvalue weighted by Gasteiger charge is -2.29. The highest BCUT2D eigenvalue weighted by atomic mass is 79.9. The van der Waals surface area contributed by atoms with Crippen molar-refractivity contribution < 1.29 is 9.63 Å². The van der Waals surface area contributed by atoms with Crippen LogP contribution in [0.4, 0.5) is 0 Å². The van der Waals surface area contributed by atoms with Gasteiger partial charge in [0.05, 0.1) is 15.6 Å². The van der Waals surface area contributed by atoms with E-state index in [1.807, 2.05) is 62.4 Å². The van der Waals surface area contributed by atoms with Gasteiger partial charge in [-0.1, -0.05) is 48.5 Å². The first-order chi connectivity index (χ1) is 15.3. The summed E-state index contributed by atoms with van der Waals surface area (Å²) < 4.78 is 1.50. The molecule has 1 aliphatic rings. The molecule has 8 heteroatoms. The second-order valence-electron chi connectivity index (χ2n) is 8.51. The second kappa shape index (κ2) is 7.43. The molecule has 1 saturated heterocycles. The van der Waals surface area contributed by atoms with Crippen LogP contribution in [0.15, 0.2) is 74.9 Å². The normalized spacial score (nSPS) is 17.8. The molecule has 1 aromatic heterocycles. The topological polar surface area (TPSA) is 84.4 Å². The van der Waals surface area contributed by atoms with Crippen molar-refractivity contribution >= 4 is 43.4 Å². The minimum Gasteiger partial charge on any atom is -0.273 e. The highest BCUT2D eigenvalue weighted by molar-refractivity contribution is 9.10. The van der Waals surface area contributed by atoms with Gasteiger partial charge < -0.3 is 0 Å². The summed E-state index contributed by atoms with van der Waals surface area (Å²) in [5.74, 6) is -0.276. The maximum absolute atomic E-state index is 13.9. The van der Waals surface area contributed by atoms with Crippen LogP contribution in [0.25, 0.3) is 21.5 Å². The first-order valence-corrected chi connectivity index (χ1v) is 11.0. The fourth-order valence-corrected chi connectivity index (χ4v) is 4.62. The zero-order chi connectivity index (χ0) is 22.6. The molecule has 1 N–H and O–H groups in total. The van der Waals surface area contributed by atoms with E-state index < -0.39 is 23.0 Å². The summed E-state index contributed by atoms with van der Waals surface area (Å²) >= 11 is 3.15. The van der Waals surface area contributed by atoms with Crippen LogP contribution in [0.1, 0.15) is 36.9 Å². The fourth-order valence-electron chi connectivity index (χ4n) is 4.30. The van der Waals surface area contributed by atoms with Gasteiger partial charge in [-0.3, -0.25) is 19.1 Å². The number of carbonyl (C=O) groups excluding carboxylic acids is 1. The van der Waals surface area contributed by atoms with Crippen LogP contribution in [-0.2, 0) is 4.84 Å². The first-order valence-electron chi connectivity index (χ1n) is 10.2. The number of benzene rings is 3. The van der Waals surface area contributed by atoms with Crippen LogP contribution in [0.5, 0.6) is 0 Å². The van der Waals surface area contributed by atoms with E-state index >= 15 is 0 Å². The Bertz CT molecular complexity index is 1450. The number of hydrogen-bond acceptors (Lipinski definition) is 4. The number of nitrogens with zero attached hydrogens (tertiary/aromatic N) is 2. The van der Waals surface area contributed by atoms with Crippen LogP contribution in [0.2, 0.25) is 0 Å². The number of amides is 1. The minimum absolute atomic E-state index is 0.211. The molecule has 0 bridgehead atoms. The molecule has 5 rings (SSSR count). The van der Waals surface area contributed by atoms with Crippen molar-refractivity contribution in [2.24, 2.45) is 0 Å². The van der Waals surface area contributed by atoms with Gasteiger partial charge in [0.2, 0.25) is 0 Å². The van der Waals surface area contributed by atoms with Crippen LogP contribution in [0.3, 0.4) is 0 Å². The van der Waals surface area contributed by atoms with Gasteiger partial charge in [0.1, 0.15) is 0 Å². The van der Waals surface area contributed by atoms with Crippen molar-refractivity contribution in [3.8, 4) is 0 Å². The smallest absolute Gasteiger partial charge is 0.273 e. The monoisotopic (exact) mass is 493 g/mol. The van der Waals surface area contributed by atoms with Gasteiger partial charge >= 0.3 is 5.69 Å². The number of hydroxylamine groups is 2. The van der Waals surface area contributed by atoms with Gasteiger partial charge in [-0.05, 0) is 57.4 Å². The average Bonchev–Trinajstić information content (AvgIpc) is 3.09. The van der Waals surface area contributed by atoms with E-state index in [2.05, 4.69) is 27.0 Å². The largest absolute Gasteiger partial charge is 0.330 e. The quantitative estimate of drug-likeness (QED) is 0.420. The van der Waals surface area contributed by atoms with E-state index in [1.54, 1.807) is 0 Å². The predicted octanol–water partition coefficient (Wildman–Crippen LogP) is 4.36. The molecule has 0 saturated carbocycles. The summed E-state index contributed by atoms with van der Waals surface area (Å²) in [5.41, 5.74) is -1.24. The molecule has 1 aliphatic heterocycles. The summed E-state index contributed by atoms with van der Waals surface area (Å²) in [4.78, 5) is 46.3. The molecule has 1 atom stereocenters. The summed E-state index contributed by atoms with van der Waals surface area (Å²) in [6.45, 7) is 3.79. The van der Waals surface area contributed by atoms with E-state index in [9.17, 15) is 14.4 Å². The molecule has 2 heterocycles. The average molecular weight is 494 g/mol. The lowest BCUT2D eigenvalue weighted by atomic mass is 9.94. The summed E-state index contributed by atoms with van der Waals surface area (Å²) in [6.07, 6.45) is 1.03. The number of fused-ring (bicyclic) bond motifs is 2. The molecule has 162 valence electrons. The number of rotatable bonds is 2. The summed E-state index contributed by atoms with van der Waals surface area (Å²) in [5, 5.41) is 4.95. The van der Waals surface area contributed by atoms with E-state index in [1.165, 1.54) is 15.8 Å². The van der Waals surface area contributed by atoms with E-state index in [-0.39, 0.29) is 10.4 Å². The van der Waals surface area contributed by atoms with Crippen molar-refractivity contribution in [2.45, 2.75) is 32.0 Å². The molecule has 1 fully saturated rings. The maximum atomic E-state index is 13.9. The van der Waals surface area contributed by atoms with Crippen molar-refractivity contribution in [1.29, 1.82) is 0 Å².